The maximum atomic E-state index is 12.5. The van der Waals surface area contributed by atoms with Gasteiger partial charge in [0.1, 0.15) is 5.75 Å². The summed E-state index contributed by atoms with van der Waals surface area (Å²) >= 11 is 0. The lowest BCUT2D eigenvalue weighted by Gasteiger charge is -2.12. The van der Waals surface area contributed by atoms with Crippen LogP contribution in [-0.2, 0) is 19.6 Å². The first-order valence-electron chi connectivity index (χ1n) is 8.09. The summed E-state index contributed by atoms with van der Waals surface area (Å²) in [5, 5.41) is 0. The van der Waals surface area contributed by atoms with E-state index in [1.165, 1.54) is 25.1 Å². The molecule has 1 atom stereocenters. The molecule has 0 bridgehead atoms. The van der Waals surface area contributed by atoms with E-state index in [0.717, 1.165) is 6.07 Å². The maximum absolute atomic E-state index is 12.5. The summed E-state index contributed by atoms with van der Waals surface area (Å²) in [7, 11) is -3.93. The van der Waals surface area contributed by atoms with Crippen molar-refractivity contribution in [3.05, 3.63) is 54.1 Å². The second-order valence-electron chi connectivity index (χ2n) is 5.54. The van der Waals surface area contributed by atoms with E-state index >= 15 is 0 Å². The Bertz CT molecular complexity index is 925. The number of anilines is 1. The van der Waals surface area contributed by atoms with Gasteiger partial charge < -0.3 is 15.2 Å². The van der Waals surface area contributed by atoms with Crippen LogP contribution in [0.15, 0.2) is 53.4 Å². The molecule has 0 unspecified atom stereocenters. The molecule has 8 nitrogen and oxygen atoms in total. The number of carbonyl (C=O) groups is 2. The van der Waals surface area contributed by atoms with Crippen LogP contribution in [0.3, 0.4) is 0 Å². The third kappa shape index (κ3) is 5.45. The molecule has 144 valence electrons. The molecule has 2 rings (SSSR count). The molecule has 0 radical (unpaired) electrons. The number of hydrogen-bond acceptors (Lipinski definition) is 6. The van der Waals surface area contributed by atoms with Gasteiger partial charge in [0.25, 0.3) is 15.9 Å². The minimum atomic E-state index is -3.93. The van der Waals surface area contributed by atoms with Crippen molar-refractivity contribution < 1.29 is 27.5 Å². The Morgan fingerprint density at radius 1 is 1.15 bits per heavy atom. The van der Waals surface area contributed by atoms with Crippen LogP contribution in [0.1, 0.15) is 24.2 Å². The van der Waals surface area contributed by atoms with Gasteiger partial charge in [0.2, 0.25) is 0 Å². The third-order valence-corrected chi connectivity index (χ3v) is 4.86. The zero-order chi connectivity index (χ0) is 20.0. The highest BCUT2D eigenvalue weighted by atomic mass is 32.2. The zero-order valence-electron chi connectivity index (χ0n) is 14.8. The van der Waals surface area contributed by atoms with Crippen molar-refractivity contribution in [1.82, 2.24) is 0 Å². The van der Waals surface area contributed by atoms with Crippen molar-refractivity contribution in [3.63, 3.8) is 0 Å². The topological polar surface area (TPSA) is 125 Å². The minimum absolute atomic E-state index is 0.0160. The van der Waals surface area contributed by atoms with Gasteiger partial charge in [-0.3, -0.25) is 9.52 Å². The van der Waals surface area contributed by atoms with E-state index in [1.807, 2.05) is 6.92 Å². The van der Waals surface area contributed by atoms with Crippen LogP contribution in [0.2, 0.25) is 0 Å². The first-order valence-corrected chi connectivity index (χ1v) is 9.57. The van der Waals surface area contributed by atoms with Crippen LogP contribution in [0.25, 0.3) is 0 Å². The summed E-state index contributed by atoms with van der Waals surface area (Å²) in [5.41, 5.74) is 5.37. The van der Waals surface area contributed by atoms with E-state index in [2.05, 4.69) is 4.72 Å². The Balaban J connectivity index is 2.18. The largest absolute Gasteiger partial charge is 0.494 e. The summed E-state index contributed by atoms with van der Waals surface area (Å²) in [6.45, 7) is 3.68. The van der Waals surface area contributed by atoms with Crippen LogP contribution in [0, 0.1) is 0 Å². The van der Waals surface area contributed by atoms with Crippen molar-refractivity contribution >= 4 is 27.6 Å². The van der Waals surface area contributed by atoms with E-state index in [4.69, 9.17) is 15.2 Å². The molecular weight excluding hydrogens is 372 g/mol. The lowest BCUT2D eigenvalue weighted by molar-refractivity contribution is -0.125. The van der Waals surface area contributed by atoms with E-state index in [0.29, 0.717) is 18.0 Å². The molecule has 9 heteroatoms. The molecule has 0 aromatic heterocycles. The summed E-state index contributed by atoms with van der Waals surface area (Å²) in [5.74, 6) is -1.03. The van der Waals surface area contributed by atoms with Crippen molar-refractivity contribution in [2.75, 3.05) is 11.3 Å². The van der Waals surface area contributed by atoms with E-state index in [1.54, 1.807) is 24.3 Å². The molecule has 3 N–H and O–H groups in total. The molecule has 0 spiro atoms. The van der Waals surface area contributed by atoms with Gasteiger partial charge in [0.05, 0.1) is 17.1 Å². The quantitative estimate of drug-likeness (QED) is 0.661. The number of nitrogens with one attached hydrogen (secondary N) is 1. The fourth-order valence-corrected chi connectivity index (χ4v) is 3.18. The van der Waals surface area contributed by atoms with E-state index < -0.39 is 28.0 Å². The molecule has 0 saturated carbocycles. The predicted octanol–water partition coefficient (Wildman–Crippen LogP) is 1.92. The first-order chi connectivity index (χ1) is 12.7. The third-order valence-electron chi connectivity index (χ3n) is 3.48. The highest BCUT2D eigenvalue weighted by molar-refractivity contribution is 7.92. The average molecular weight is 392 g/mol. The summed E-state index contributed by atoms with van der Waals surface area (Å²) in [6, 6.07) is 11.7. The Labute approximate surface area is 157 Å². The van der Waals surface area contributed by atoms with Crippen molar-refractivity contribution in [2.45, 2.75) is 24.8 Å². The molecular formula is C18H20N2O6S. The van der Waals surface area contributed by atoms with Gasteiger partial charge in [0, 0.05) is 5.69 Å². The van der Waals surface area contributed by atoms with Crippen LogP contribution in [0.4, 0.5) is 5.69 Å². The lowest BCUT2D eigenvalue weighted by atomic mass is 10.2. The molecule has 0 saturated heterocycles. The number of ether oxygens (including phenoxy) is 2. The maximum Gasteiger partial charge on any atom is 0.338 e. The summed E-state index contributed by atoms with van der Waals surface area (Å²) in [6.07, 6.45) is -1.13. The highest BCUT2D eigenvalue weighted by Gasteiger charge is 2.20. The van der Waals surface area contributed by atoms with E-state index in [9.17, 15) is 18.0 Å². The number of sulfonamides is 1. The van der Waals surface area contributed by atoms with Crippen LogP contribution in [0.5, 0.6) is 5.75 Å². The minimum Gasteiger partial charge on any atom is -0.494 e. The molecule has 0 fully saturated rings. The first kappa shape index (κ1) is 20.2. The second kappa shape index (κ2) is 8.54. The summed E-state index contributed by atoms with van der Waals surface area (Å²) < 4.78 is 37.7. The number of esters is 1. The van der Waals surface area contributed by atoms with Gasteiger partial charge in [-0.05, 0) is 56.3 Å². The van der Waals surface area contributed by atoms with Crippen molar-refractivity contribution in [2.24, 2.45) is 5.73 Å². The number of benzene rings is 2. The van der Waals surface area contributed by atoms with Gasteiger partial charge in [-0.25, -0.2) is 13.2 Å². The van der Waals surface area contributed by atoms with Crippen molar-refractivity contribution in [1.29, 1.82) is 0 Å². The molecule has 0 aliphatic carbocycles. The van der Waals surface area contributed by atoms with Gasteiger partial charge in [-0.2, -0.15) is 0 Å². The van der Waals surface area contributed by atoms with Crippen LogP contribution in [-0.4, -0.2) is 33.0 Å². The Hall–Kier alpha value is -3.07. The number of primary amides is 1. The molecule has 0 aliphatic rings. The van der Waals surface area contributed by atoms with Gasteiger partial charge in [-0.1, -0.05) is 6.07 Å². The molecule has 0 heterocycles. The normalized spacial score (nSPS) is 12.1. The molecule has 2 aromatic rings. The highest BCUT2D eigenvalue weighted by Crippen LogP contribution is 2.20. The van der Waals surface area contributed by atoms with Crippen molar-refractivity contribution in [3.8, 4) is 5.75 Å². The Morgan fingerprint density at radius 2 is 1.81 bits per heavy atom. The van der Waals surface area contributed by atoms with Gasteiger partial charge in [0.15, 0.2) is 6.10 Å². The Morgan fingerprint density at radius 3 is 2.41 bits per heavy atom. The fourth-order valence-electron chi connectivity index (χ4n) is 2.08. The zero-order valence-corrected chi connectivity index (χ0v) is 15.7. The number of nitrogens with two attached hydrogens (primary N) is 1. The number of rotatable bonds is 8. The SMILES string of the molecule is CCOc1ccc(NS(=O)(=O)c2cccc(C(=O)O[C@H](C)C(N)=O)c2)cc1. The predicted molar refractivity (Wildman–Crippen MR) is 98.9 cm³/mol. The number of amides is 1. The molecule has 27 heavy (non-hydrogen) atoms. The summed E-state index contributed by atoms with van der Waals surface area (Å²) in [4.78, 5) is 22.9. The van der Waals surface area contributed by atoms with Crippen LogP contribution >= 0.6 is 0 Å². The van der Waals surface area contributed by atoms with E-state index in [-0.39, 0.29) is 10.5 Å². The van der Waals surface area contributed by atoms with Gasteiger partial charge in [-0.15, -0.1) is 0 Å². The average Bonchev–Trinajstić information content (AvgIpc) is 2.63. The smallest absolute Gasteiger partial charge is 0.338 e. The fraction of sp³-hybridized carbons (Fsp3) is 0.222. The molecule has 2 aromatic carbocycles. The molecule has 1 amide bonds. The Kier molecular flexibility index (Phi) is 6.40. The second-order valence-corrected chi connectivity index (χ2v) is 7.22. The van der Waals surface area contributed by atoms with Gasteiger partial charge >= 0.3 is 5.97 Å². The molecule has 0 aliphatic heterocycles. The van der Waals surface area contributed by atoms with Crippen LogP contribution < -0.4 is 15.2 Å². The lowest BCUT2D eigenvalue weighted by Crippen LogP contribution is -2.30. The standard InChI is InChI=1S/C18H20N2O6S/c1-3-25-15-9-7-14(8-10-15)20-27(23,24)16-6-4-5-13(11-16)18(22)26-12(2)17(19)21/h4-12,20H,3H2,1-2H3,(H2,19,21)/t12-/m1/s1. The number of hydrogen-bond donors (Lipinski definition) is 2. The number of carbonyl (C=O) groups excluding carboxylic acids is 2. The monoisotopic (exact) mass is 392 g/mol.